The highest BCUT2D eigenvalue weighted by molar-refractivity contribution is 5.96. The summed E-state index contributed by atoms with van der Waals surface area (Å²) in [7, 11) is 0. The standard InChI is InChI=1S/C12H19N3O2.ClH/c1-4-10-11(9(3)14-17-10)12(16)15-6-5-13-8(2)7-15;/h8,13H,4-7H2,1-3H3;1H/t8-;/m1./s1. The minimum atomic E-state index is 0. The van der Waals surface area contributed by atoms with Gasteiger partial charge < -0.3 is 14.7 Å². The lowest BCUT2D eigenvalue weighted by molar-refractivity contribution is 0.0706. The van der Waals surface area contributed by atoms with Crippen LogP contribution in [-0.2, 0) is 6.42 Å². The van der Waals surface area contributed by atoms with Crippen molar-refractivity contribution in [1.29, 1.82) is 0 Å². The molecule has 0 saturated carbocycles. The zero-order valence-corrected chi connectivity index (χ0v) is 11.8. The van der Waals surface area contributed by atoms with Crippen LogP contribution in [-0.4, -0.2) is 41.6 Å². The third-order valence-electron chi connectivity index (χ3n) is 3.12. The number of aromatic nitrogens is 1. The largest absolute Gasteiger partial charge is 0.360 e. The number of halogens is 1. The second-order valence-electron chi connectivity index (χ2n) is 4.53. The fourth-order valence-corrected chi connectivity index (χ4v) is 2.21. The predicted octanol–water partition coefficient (Wildman–Crippen LogP) is 1.40. The summed E-state index contributed by atoms with van der Waals surface area (Å²) >= 11 is 0. The smallest absolute Gasteiger partial charge is 0.259 e. The molecule has 1 atom stereocenters. The van der Waals surface area contributed by atoms with E-state index >= 15 is 0 Å². The molecule has 1 fully saturated rings. The van der Waals surface area contributed by atoms with Gasteiger partial charge in [-0.05, 0) is 13.8 Å². The molecule has 1 aliphatic heterocycles. The number of rotatable bonds is 2. The maximum atomic E-state index is 12.4. The first-order valence-electron chi connectivity index (χ1n) is 6.11. The van der Waals surface area contributed by atoms with E-state index in [9.17, 15) is 4.79 Å². The van der Waals surface area contributed by atoms with E-state index in [1.807, 2.05) is 18.7 Å². The second-order valence-corrected chi connectivity index (χ2v) is 4.53. The Hall–Kier alpha value is -1.07. The van der Waals surface area contributed by atoms with E-state index in [0.29, 0.717) is 29.5 Å². The maximum absolute atomic E-state index is 12.4. The second kappa shape index (κ2) is 6.20. The highest BCUT2D eigenvalue weighted by atomic mass is 35.5. The van der Waals surface area contributed by atoms with Gasteiger partial charge in [0.05, 0.1) is 5.69 Å². The van der Waals surface area contributed by atoms with E-state index in [-0.39, 0.29) is 18.3 Å². The summed E-state index contributed by atoms with van der Waals surface area (Å²) in [5, 5.41) is 7.21. The first-order chi connectivity index (χ1) is 8.13. The molecule has 2 heterocycles. The molecule has 0 unspecified atom stereocenters. The number of aryl methyl sites for hydroxylation is 2. The molecule has 1 aromatic rings. The molecule has 18 heavy (non-hydrogen) atoms. The van der Waals surface area contributed by atoms with Crippen molar-refractivity contribution >= 4 is 18.3 Å². The fraction of sp³-hybridized carbons (Fsp3) is 0.667. The van der Waals surface area contributed by atoms with Crippen molar-refractivity contribution in [3.8, 4) is 0 Å². The van der Waals surface area contributed by atoms with E-state index in [1.165, 1.54) is 0 Å². The van der Waals surface area contributed by atoms with E-state index in [4.69, 9.17) is 4.52 Å². The number of amides is 1. The lowest BCUT2D eigenvalue weighted by Gasteiger charge is -2.31. The van der Waals surface area contributed by atoms with Crippen LogP contribution >= 0.6 is 12.4 Å². The number of hydrogen-bond donors (Lipinski definition) is 1. The topological polar surface area (TPSA) is 58.4 Å². The average Bonchev–Trinajstić information content (AvgIpc) is 2.69. The van der Waals surface area contributed by atoms with Crippen molar-refractivity contribution in [2.75, 3.05) is 19.6 Å². The van der Waals surface area contributed by atoms with Crippen molar-refractivity contribution in [1.82, 2.24) is 15.4 Å². The van der Waals surface area contributed by atoms with E-state index in [2.05, 4.69) is 17.4 Å². The van der Waals surface area contributed by atoms with E-state index in [0.717, 1.165) is 19.6 Å². The molecule has 1 amide bonds. The third-order valence-corrected chi connectivity index (χ3v) is 3.12. The van der Waals surface area contributed by atoms with Crippen molar-refractivity contribution < 1.29 is 9.32 Å². The fourth-order valence-electron chi connectivity index (χ4n) is 2.21. The monoisotopic (exact) mass is 273 g/mol. The quantitative estimate of drug-likeness (QED) is 0.885. The number of nitrogens with zero attached hydrogens (tertiary/aromatic N) is 2. The highest BCUT2D eigenvalue weighted by Crippen LogP contribution is 2.17. The molecule has 0 aliphatic carbocycles. The minimum Gasteiger partial charge on any atom is -0.360 e. The Kier molecular flexibility index (Phi) is 5.16. The van der Waals surface area contributed by atoms with Crippen LogP contribution in [0, 0.1) is 6.92 Å². The van der Waals surface area contributed by atoms with Crippen LogP contribution in [0.3, 0.4) is 0 Å². The molecule has 1 aliphatic rings. The molecule has 0 spiro atoms. The first-order valence-corrected chi connectivity index (χ1v) is 6.11. The third kappa shape index (κ3) is 2.84. The predicted molar refractivity (Wildman–Crippen MR) is 71.2 cm³/mol. The van der Waals surface area contributed by atoms with Crippen LogP contribution in [0.5, 0.6) is 0 Å². The first kappa shape index (κ1) is 15.0. The summed E-state index contributed by atoms with van der Waals surface area (Å²) in [5.74, 6) is 0.743. The number of piperazine rings is 1. The lowest BCUT2D eigenvalue weighted by atomic mass is 10.1. The SMILES string of the molecule is CCc1onc(C)c1C(=O)N1CCN[C@H](C)C1.Cl. The Morgan fingerprint density at radius 3 is 2.94 bits per heavy atom. The summed E-state index contributed by atoms with van der Waals surface area (Å²) in [6.45, 7) is 8.21. The molecule has 1 N–H and O–H groups in total. The van der Waals surface area contributed by atoms with Crippen LogP contribution in [0.15, 0.2) is 4.52 Å². The van der Waals surface area contributed by atoms with Gasteiger partial charge in [0.15, 0.2) is 0 Å². The number of carbonyl (C=O) groups excluding carboxylic acids is 1. The van der Waals surface area contributed by atoms with Crippen molar-refractivity contribution in [2.24, 2.45) is 0 Å². The van der Waals surface area contributed by atoms with Gasteiger partial charge in [-0.15, -0.1) is 12.4 Å². The molecule has 0 aromatic carbocycles. The Labute approximate surface area is 113 Å². The Balaban J connectivity index is 0.00000162. The Bertz CT molecular complexity index is 419. The van der Waals surface area contributed by atoms with Crippen molar-refractivity contribution in [3.63, 3.8) is 0 Å². The van der Waals surface area contributed by atoms with Crippen LogP contribution < -0.4 is 5.32 Å². The highest BCUT2D eigenvalue weighted by Gasteiger charge is 2.27. The molecule has 0 bridgehead atoms. The number of carbonyl (C=O) groups is 1. The van der Waals surface area contributed by atoms with Gasteiger partial charge in [-0.25, -0.2) is 0 Å². The molecule has 5 nitrogen and oxygen atoms in total. The zero-order chi connectivity index (χ0) is 12.4. The summed E-state index contributed by atoms with van der Waals surface area (Å²) < 4.78 is 5.17. The van der Waals surface area contributed by atoms with Gasteiger partial charge in [-0.3, -0.25) is 4.79 Å². The van der Waals surface area contributed by atoms with Gasteiger partial charge in [0.1, 0.15) is 11.3 Å². The van der Waals surface area contributed by atoms with E-state index < -0.39 is 0 Å². The molecule has 0 radical (unpaired) electrons. The summed E-state index contributed by atoms with van der Waals surface area (Å²) in [6.07, 6.45) is 0.698. The Morgan fingerprint density at radius 2 is 2.33 bits per heavy atom. The van der Waals surface area contributed by atoms with Gasteiger partial charge in [-0.2, -0.15) is 0 Å². The van der Waals surface area contributed by atoms with Gasteiger partial charge in [0.2, 0.25) is 0 Å². The van der Waals surface area contributed by atoms with E-state index in [1.54, 1.807) is 0 Å². The Morgan fingerprint density at radius 1 is 1.61 bits per heavy atom. The molecule has 1 saturated heterocycles. The molecular weight excluding hydrogens is 254 g/mol. The van der Waals surface area contributed by atoms with Crippen molar-refractivity contribution in [3.05, 3.63) is 17.0 Å². The van der Waals surface area contributed by atoms with Gasteiger partial charge in [-0.1, -0.05) is 12.1 Å². The van der Waals surface area contributed by atoms with Crippen LogP contribution in [0.4, 0.5) is 0 Å². The minimum absolute atomic E-state index is 0. The van der Waals surface area contributed by atoms with Gasteiger partial charge in [0.25, 0.3) is 5.91 Å². The van der Waals surface area contributed by atoms with Crippen LogP contribution in [0.25, 0.3) is 0 Å². The molecule has 6 heteroatoms. The lowest BCUT2D eigenvalue weighted by Crippen LogP contribution is -2.51. The zero-order valence-electron chi connectivity index (χ0n) is 11.0. The molecule has 102 valence electrons. The summed E-state index contributed by atoms with van der Waals surface area (Å²) in [5.41, 5.74) is 1.35. The summed E-state index contributed by atoms with van der Waals surface area (Å²) in [6, 6.07) is 0.345. The van der Waals surface area contributed by atoms with Crippen LogP contribution in [0.2, 0.25) is 0 Å². The average molecular weight is 274 g/mol. The van der Waals surface area contributed by atoms with Crippen molar-refractivity contribution in [2.45, 2.75) is 33.2 Å². The normalized spacial score (nSPS) is 19.5. The summed E-state index contributed by atoms with van der Waals surface area (Å²) in [4.78, 5) is 14.3. The number of nitrogens with one attached hydrogen (secondary N) is 1. The number of hydrogen-bond acceptors (Lipinski definition) is 4. The van der Waals surface area contributed by atoms with Gasteiger partial charge in [0, 0.05) is 32.1 Å². The molecule has 2 rings (SSSR count). The van der Waals surface area contributed by atoms with Crippen LogP contribution in [0.1, 0.15) is 35.7 Å². The molecule has 1 aromatic heterocycles. The maximum Gasteiger partial charge on any atom is 0.259 e. The van der Waals surface area contributed by atoms with Gasteiger partial charge >= 0.3 is 0 Å². The molecular formula is C12H20ClN3O2.